The molecular weight excluding hydrogens is 423 g/mol. The van der Waals surface area contributed by atoms with Crippen LogP contribution in [0.25, 0.3) is 22.3 Å². The number of hydrogen-bond acceptors (Lipinski definition) is 7. The van der Waals surface area contributed by atoms with Crippen molar-refractivity contribution in [3.05, 3.63) is 42.1 Å². The maximum Gasteiger partial charge on any atom is 0.449 e. The zero-order valence-corrected chi connectivity index (χ0v) is 17.4. The van der Waals surface area contributed by atoms with Crippen LogP contribution in [-0.2, 0) is 13.2 Å². The summed E-state index contributed by atoms with van der Waals surface area (Å²) >= 11 is 0. The lowest BCUT2D eigenvalue weighted by atomic mass is 10.0. The summed E-state index contributed by atoms with van der Waals surface area (Å²) < 4.78 is 63.3. The number of benzene rings is 1. The molecule has 4 aromatic rings. The second-order valence-corrected chi connectivity index (χ2v) is 7.52. The minimum absolute atomic E-state index is 0.0197. The van der Waals surface area contributed by atoms with E-state index in [-0.39, 0.29) is 29.3 Å². The Morgan fingerprint density at radius 3 is 2.59 bits per heavy atom. The predicted molar refractivity (Wildman–Crippen MR) is 114 cm³/mol. The lowest BCUT2D eigenvalue weighted by Gasteiger charge is -2.21. The number of anilines is 2. The molecule has 1 atom stereocenters. The van der Waals surface area contributed by atoms with E-state index in [0.717, 1.165) is 17.1 Å². The van der Waals surface area contributed by atoms with Crippen molar-refractivity contribution in [3.63, 3.8) is 0 Å². The molecule has 0 saturated carbocycles. The molecule has 0 amide bonds. The van der Waals surface area contributed by atoms with Crippen LogP contribution in [0.3, 0.4) is 0 Å². The van der Waals surface area contributed by atoms with Gasteiger partial charge in [0.05, 0.1) is 29.6 Å². The average Bonchev–Trinajstić information content (AvgIpc) is 3.37. The molecule has 0 saturated heterocycles. The highest BCUT2D eigenvalue weighted by Crippen LogP contribution is 2.31. The van der Waals surface area contributed by atoms with E-state index in [2.05, 4.69) is 40.7 Å². The first-order valence-corrected chi connectivity index (χ1v) is 9.65. The number of aryl methyl sites for hydroxylation is 1. The monoisotopic (exact) mass is 448 g/mol. The first-order chi connectivity index (χ1) is 16.3. The van der Waals surface area contributed by atoms with Gasteiger partial charge < -0.3 is 15.6 Å². The van der Waals surface area contributed by atoms with Gasteiger partial charge in [0, 0.05) is 29.1 Å². The Hall–Kier alpha value is -3.70. The van der Waals surface area contributed by atoms with E-state index in [9.17, 15) is 13.2 Å². The van der Waals surface area contributed by atoms with Gasteiger partial charge in [-0.3, -0.25) is 4.68 Å². The quantitative estimate of drug-likeness (QED) is 0.409. The van der Waals surface area contributed by atoms with Crippen LogP contribution in [0, 0.1) is 5.92 Å². The zero-order chi connectivity index (χ0) is 25.5. The van der Waals surface area contributed by atoms with E-state index >= 15 is 0 Å². The number of aromatic nitrogens is 7. The number of alkyl halides is 3. The minimum Gasteiger partial charge on any atom is -0.357 e. The van der Waals surface area contributed by atoms with E-state index in [0.29, 0.717) is 5.56 Å². The maximum atomic E-state index is 13.0. The van der Waals surface area contributed by atoms with Crippen LogP contribution in [0.5, 0.6) is 0 Å². The number of fused-ring (bicyclic) bond motifs is 1. The molecule has 3 aromatic heterocycles. The van der Waals surface area contributed by atoms with Gasteiger partial charge in [-0.25, -0.2) is 4.98 Å². The van der Waals surface area contributed by atoms with Crippen LogP contribution in [0.15, 0.2) is 30.6 Å². The van der Waals surface area contributed by atoms with Gasteiger partial charge in [-0.05, 0) is 12.0 Å². The molecule has 168 valence electrons. The van der Waals surface area contributed by atoms with Crippen LogP contribution in [0.2, 0.25) is 0 Å². The summed E-state index contributed by atoms with van der Waals surface area (Å²) in [6, 6.07) is 4.69. The molecular formula is C20H22F3N9. The fourth-order valence-corrected chi connectivity index (χ4v) is 3.29. The second kappa shape index (κ2) is 8.09. The number of nitrogens with zero attached hydrogens (tertiary/aromatic N) is 6. The van der Waals surface area contributed by atoms with E-state index < -0.39 is 25.0 Å². The number of H-pyrrole nitrogens is 1. The number of hydrogen-bond donors (Lipinski definition) is 3. The maximum absolute atomic E-state index is 13.0. The standard InChI is InChI=1S/C20H22F3N9/c1-10(2)15(13-9-25-17(27-13)20(21,22)23)28-19-30-16(29-18(24-3)31-19)11-5-6-12-8-26-32(4)14(12)7-11/h5-10,15H,1-4H3,(H,25,27)(H2,24,28,29,30,31)/i3D3. The van der Waals surface area contributed by atoms with E-state index in [1.54, 1.807) is 43.9 Å². The summed E-state index contributed by atoms with van der Waals surface area (Å²) in [6.07, 6.45) is -1.82. The summed E-state index contributed by atoms with van der Waals surface area (Å²) in [5.74, 6) is -1.40. The van der Waals surface area contributed by atoms with Gasteiger partial charge in [0.25, 0.3) is 0 Å². The van der Waals surface area contributed by atoms with Crippen molar-refractivity contribution in [2.75, 3.05) is 17.6 Å². The molecule has 12 heteroatoms. The van der Waals surface area contributed by atoms with Gasteiger partial charge in [-0.15, -0.1) is 0 Å². The summed E-state index contributed by atoms with van der Waals surface area (Å²) in [5, 5.41) is 10.3. The first kappa shape index (κ1) is 17.9. The van der Waals surface area contributed by atoms with Crippen molar-refractivity contribution in [3.8, 4) is 11.4 Å². The van der Waals surface area contributed by atoms with Crippen molar-refractivity contribution in [1.29, 1.82) is 0 Å². The van der Waals surface area contributed by atoms with E-state index in [1.165, 1.54) is 0 Å². The smallest absolute Gasteiger partial charge is 0.357 e. The van der Waals surface area contributed by atoms with E-state index in [1.807, 2.05) is 6.07 Å². The molecule has 1 unspecified atom stereocenters. The summed E-state index contributed by atoms with van der Waals surface area (Å²) in [6.45, 7) is 1.02. The number of rotatable bonds is 6. The molecule has 0 spiro atoms. The molecule has 0 fully saturated rings. The Kier molecular flexibility index (Phi) is 4.53. The Bertz CT molecular complexity index is 1350. The van der Waals surface area contributed by atoms with Crippen molar-refractivity contribution >= 4 is 22.8 Å². The molecule has 0 aliphatic carbocycles. The zero-order valence-electron chi connectivity index (χ0n) is 20.4. The number of aromatic amines is 1. The molecule has 1 aromatic carbocycles. The third-order valence-electron chi connectivity index (χ3n) is 4.90. The van der Waals surface area contributed by atoms with Crippen molar-refractivity contribution in [2.45, 2.75) is 26.1 Å². The summed E-state index contributed by atoms with van der Waals surface area (Å²) in [7, 11) is 1.78. The number of halogens is 3. The fourth-order valence-electron chi connectivity index (χ4n) is 3.29. The van der Waals surface area contributed by atoms with Crippen LogP contribution in [0.1, 0.15) is 35.5 Å². The molecule has 9 nitrogen and oxygen atoms in total. The SMILES string of the molecule is [2H]C([2H])([2H])Nc1nc(NC(c2cnc(C(F)(F)F)[nH]2)C(C)C)nc(-c2ccc3cnn(C)c3c2)n1. The normalized spacial score (nSPS) is 14.8. The average molecular weight is 448 g/mol. The topological polar surface area (TPSA) is 109 Å². The predicted octanol–water partition coefficient (Wildman–Crippen LogP) is 4.02. The highest BCUT2D eigenvalue weighted by Gasteiger charge is 2.35. The highest BCUT2D eigenvalue weighted by molar-refractivity contribution is 5.83. The molecule has 4 rings (SSSR count). The third kappa shape index (κ3) is 4.20. The van der Waals surface area contributed by atoms with Gasteiger partial charge in [0.15, 0.2) is 5.82 Å². The molecule has 32 heavy (non-hydrogen) atoms. The van der Waals surface area contributed by atoms with Gasteiger partial charge in [0.1, 0.15) is 0 Å². The molecule has 3 N–H and O–H groups in total. The Morgan fingerprint density at radius 2 is 1.91 bits per heavy atom. The lowest BCUT2D eigenvalue weighted by molar-refractivity contribution is -0.144. The lowest BCUT2D eigenvalue weighted by Crippen LogP contribution is -2.20. The molecule has 0 aliphatic heterocycles. The second-order valence-electron chi connectivity index (χ2n) is 7.52. The molecule has 3 heterocycles. The Labute approximate surface area is 185 Å². The van der Waals surface area contributed by atoms with Crippen molar-refractivity contribution < 1.29 is 17.3 Å². The number of imidazole rings is 1. The number of nitrogens with one attached hydrogen (secondary N) is 3. The van der Waals surface area contributed by atoms with Crippen molar-refractivity contribution in [2.24, 2.45) is 13.0 Å². The van der Waals surface area contributed by atoms with Crippen LogP contribution in [0.4, 0.5) is 25.1 Å². The molecule has 0 radical (unpaired) electrons. The van der Waals surface area contributed by atoms with Crippen LogP contribution < -0.4 is 10.6 Å². The minimum atomic E-state index is -4.62. The van der Waals surface area contributed by atoms with Gasteiger partial charge in [0.2, 0.25) is 17.7 Å². The first-order valence-electron chi connectivity index (χ1n) is 11.2. The summed E-state index contributed by atoms with van der Waals surface area (Å²) in [5.41, 5.74) is 1.55. The third-order valence-corrected chi connectivity index (χ3v) is 4.90. The van der Waals surface area contributed by atoms with Gasteiger partial charge in [-0.2, -0.15) is 33.2 Å². The largest absolute Gasteiger partial charge is 0.449 e. The molecule has 0 aliphatic rings. The van der Waals surface area contributed by atoms with E-state index in [4.69, 9.17) is 4.11 Å². The molecule has 0 bridgehead atoms. The van der Waals surface area contributed by atoms with Crippen LogP contribution in [-0.4, -0.2) is 41.7 Å². The van der Waals surface area contributed by atoms with Gasteiger partial charge >= 0.3 is 6.18 Å². The highest BCUT2D eigenvalue weighted by atomic mass is 19.4. The Morgan fingerprint density at radius 1 is 1.12 bits per heavy atom. The van der Waals surface area contributed by atoms with Gasteiger partial charge in [-0.1, -0.05) is 26.0 Å². The van der Waals surface area contributed by atoms with Crippen molar-refractivity contribution in [1.82, 2.24) is 34.7 Å². The fraction of sp³-hybridized carbons (Fsp3) is 0.350. The van der Waals surface area contributed by atoms with Crippen LogP contribution >= 0.6 is 0 Å². The Balaban J connectivity index is 1.75. The summed E-state index contributed by atoms with van der Waals surface area (Å²) in [4.78, 5) is 18.5.